The fraction of sp³-hybridized carbons (Fsp3) is 0.857. The minimum atomic E-state index is -0.0964. The van der Waals surface area contributed by atoms with Crippen molar-refractivity contribution in [1.82, 2.24) is 4.90 Å². The standard InChI is InChI=1S/C7H15NO3/c1-3-11-6-7(10)8(2)4-5-9/h9H,3-6H2,1-2H3. The summed E-state index contributed by atoms with van der Waals surface area (Å²) in [4.78, 5) is 12.4. The molecule has 11 heavy (non-hydrogen) atoms. The molecule has 0 saturated heterocycles. The van der Waals surface area contributed by atoms with Gasteiger partial charge in [0.15, 0.2) is 0 Å². The summed E-state index contributed by atoms with van der Waals surface area (Å²) in [6.07, 6.45) is 0. The van der Waals surface area contributed by atoms with Gasteiger partial charge in [-0.3, -0.25) is 4.79 Å². The average Bonchev–Trinajstić information content (AvgIpc) is 2.00. The molecule has 66 valence electrons. The topological polar surface area (TPSA) is 49.8 Å². The quantitative estimate of drug-likeness (QED) is 0.590. The van der Waals surface area contributed by atoms with Gasteiger partial charge in [-0.25, -0.2) is 0 Å². The number of likely N-dealkylation sites (N-methyl/N-ethyl adjacent to an activating group) is 1. The monoisotopic (exact) mass is 161 g/mol. The maximum Gasteiger partial charge on any atom is 0.248 e. The molecular weight excluding hydrogens is 146 g/mol. The molecule has 0 aliphatic carbocycles. The number of carbonyl (C=O) groups is 1. The van der Waals surface area contributed by atoms with E-state index in [9.17, 15) is 4.79 Å². The van der Waals surface area contributed by atoms with E-state index in [1.807, 2.05) is 6.92 Å². The van der Waals surface area contributed by atoms with Crippen molar-refractivity contribution in [3.63, 3.8) is 0 Å². The summed E-state index contributed by atoms with van der Waals surface area (Å²) >= 11 is 0. The van der Waals surface area contributed by atoms with E-state index < -0.39 is 0 Å². The lowest BCUT2D eigenvalue weighted by molar-refractivity contribution is -0.135. The third kappa shape index (κ3) is 4.75. The van der Waals surface area contributed by atoms with Crippen LogP contribution in [0.1, 0.15) is 6.92 Å². The van der Waals surface area contributed by atoms with Crippen LogP contribution in [0.25, 0.3) is 0 Å². The zero-order chi connectivity index (χ0) is 8.69. The van der Waals surface area contributed by atoms with Crippen molar-refractivity contribution in [3.05, 3.63) is 0 Å². The Morgan fingerprint density at radius 3 is 2.73 bits per heavy atom. The van der Waals surface area contributed by atoms with Gasteiger partial charge in [0.05, 0.1) is 6.61 Å². The van der Waals surface area contributed by atoms with Gasteiger partial charge in [-0.2, -0.15) is 0 Å². The lowest BCUT2D eigenvalue weighted by atomic mass is 10.5. The molecule has 4 heteroatoms. The van der Waals surface area contributed by atoms with Gasteiger partial charge in [-0.05, 0) is 6.92 Å². The number of ether oxygens (including phenoxy) is 1. The molecule has 1 amide bonds. The summed E-state index contributed by atoms with van der Waals surface area (Å²) in [6, 6.07) is 0. The van der Waals surface area contributed by atoms with Gasteiger partial charge in [0.1, 0.15) is 6.61 Å². The van der Waals surface area contributed by atoms with Gasteiger partial charge in [0, 0.05) is 20.2 Å². The number of amides is 1. The summed E-state index contributed by atoms with van der Waals surface area (Å²) in [5, 5.41) is 8.48. The minimum Gasteiger partial charge on any atom is -0.395 e. The second kappa shape index (κ2) is 6.12. The number of hydrogen-bond acceptors (Lipinski definition) is 3. The number of hydrogen-bond donors (Lipinski definition) is 1. The van der Waals surface area contributed by atoms with E-state index in [1.165, 1.54) is 4.90 Å². The first-order valence-corrected chi connectivity index (χ1v) is 3.65. The van der Waals surface area contributed by atoms with E-state index in [0.717, 1.165) is 0 Å². The van der Waals surface area contributed by atoms with Crippen LogP contribution in [-0.2, 0) is 9.53 Å². The molecular formula is C7H15NO3. The second-order valence-corrected chi connectivity index (χ2v) is 2.18. The van der Waals surface area contributed by atoms with Crippen molar-refractivity contribution >= 4 is 5.91 Å². The van der Waals surface area contributed by atoms with Crippen LogP contribution in [0, 0.1) is 0 Å². The molecule has 0 spiro atoms. The number of aliphatic hydroxyl groups excluding tert-OH is 1. The van der Waals surface area contributed by atoms with Crippen molar-refractivity contribution in [3.8, 4) is 0 Å². The Labute approximate surface area is 66.8 Å². The third-order valence-corrected chi connectivity index (χ3v) is 1.29. The number of aliphatic hydroxyl groups is 1. The van der Waals surface area contributed by atoms with Crippen LogP contribution in [0.5, 0.6) is 0 Å². The molecule has 0 aromatic rings. The predicted octanol–water partition coefficient (Wildman–Crippen LogP) is -0.526. The minimum absolute atomic E-state index is 0.00559. The predicted molar refractivity (Wildman–Crippen MR) is 41.2 cm³/mol. The van der Waals surface area contributed by atoms with E-state index in [2.05, 4.69) is 0 Å². The van der Waals surface area contributed by atoms with E-state index in [0.29, 0.717) is 13.2 Å². The van der Waals surface area contributed by atoms with E-state index >= 15 is 0 Å². The fourth-order valence-corrected chi connectivity index (χ4v) is 0.574. The SMILES string of the molecule is CCOCC(=O)N(C)CCO. The van der Waals surface area contributed by atoms with Crippen molar-refractivity contribution < 1.29 is 14.6 Å². The third-order valence-electron chi connectivity index (χ3n) is 1.29. The first kappa shape index (κ1) is 10.4. The number of carbonyl (C=O) groups excluding carboxylic acids is 1. The Bertz CT molecular complexity index is 116. The van der Waals surface area contributed by atoms with Gasteiger partial charge in [0.2, 0.25) is 5.91 Å². The molecule has 4 nitrogen and oxygen atoms in total. The van der Waals surface area contributed by atoms with Crippen LogP contribution in [0.2, 0.25) is 0 Å². The number of rotatable bonds is 5. The maximum absolute atomic E-state index is 11.0. The highest BCUT2D eigenvalue weighted by molar-refractivity contribution is 5.77. The molecule has 0 aliphatic rings. The molecule has 0 rings (SSSR count). The Balaban J connectivity index is 3.47. The Morgan fingerprint density at radius 2 is 2.27 bits per heavy atom. The summed E-state index contributed by atoms with van der Waals surface area (Å²) in [7, 11) is 1.64. The molecule has 0 heterocycles. The summed E-state index contributed by atoms with van der Waals surface area (Å²) in [5.41, 5.74) is 0. The largest absolute Gasteiger partial charge is 0.395 e. The Kier molecular flexibility index (Phi) is 5.78. The van der Waals surface area contributed by atoms with Crippen LogP contribution in [0.4, 0.5) is 0 Å². The van der Waals surface area contributed by atoms with E-state index in [4.69, 9.17) is 9.84 Å². The zero-order valence-corrected chi connectivity index (χ0v) is 7.04. The van der Waals surface area contributed by atoms with Crippen LogP contribution in [-0.4, -0.2) is 49.3 Å². The van der Waals surface area contributed by atoms with Crippen LogP contribution in [0.15, 0.2) is 0 Å². The molecule has 0 aromatic carbocycles. The van der Waals surface area contributed by atoms with Crippen molar-refractivity contribution in [2.24, 2.45) is 0 Å². The summed E-state index contributed by atoms with van der Waals surface area (Å²) < 4.78 is 4.89. The lowest BCUT2D eigenvalue weighted by Crippen LogP contribution is -2.32. The molecule has 0 aromatic heterocycles. The molecule has 0 aliphatic heterocycles. The first-order chi connectivity index (χ1) is 5.22. The Morgan fingerprint density at radius 1 is 1.64 bits per heavy atom. The lowest BCUT2D eigenvalue weighted by Gasteiger charge is -2.14. The smallest absolute Gasteiger partial charge is 0.248 e. The van der Waals surface area contributed by atoms with Crippen molar-refractivity contribution in [2.75, 3.05) is 33.4 Å². The molecule has 0 atom stereocenters. The van der Waals surface area contributed by atoms with Gasteiger partial charge in [0.25, 0.3) is 0 Å². The van der Waals surface area contributed by atoms with E-state index in [1.54, 1.807) is 7.05 Å². The zero-order valence-electron chi connectivity index (χ0n) is 7.04. The van der Waals surface area contributed by atoms with Crippen LogP contribution >= 0.6 is 0 Å². The molecule has 0 unspecified atom stereocenters. The van der Waals surface area contributed by atoms with Gasteiger partial charge in [-0.1, -0.05) is 0 Å². The highest BCUT2D eigenvalue weighted by atomic mass is 16.5. The van der Waals surface area contributed by atoms with E-state index in [-0.39, 0.29) is 19.1 Å². The highest BCUT2D eigenvalue weighted by Crippen LogP contribution is 1.84. The average molecular weight is 161 g/mol. The normalized spacial score (nSPS) is 9.73. The molecule has 0 bridgehead atoms. The highest BCUT2D eigenvalue weighted by Gasteiger charge is 2.06. The maximum atomic E-state index is 11.0. The summed E-state index contributed by atoms with van der Waals surface area (Å²) in [5.74, 6) is -0.0964. The summed E-state index contributed by atoms with van der Waals surface area (Å²) in [6.45, 7) is 2.84. The van der Waals surface area contributed by atoms with Crippen LogP contribution in [0.3, 0.4) is 0 Å². The van der Waals surface area contributed by atoms with Gasteiger partial charge >= 0.3 is 0 Å². The first-order valence-electron chi connectivity index (χ1n) is 3.65. The van der Waals surface area contributed by atoms with Gasteiger partial charge in [-0.15, -0.1) is 0 Å². The van der Waals surface area contributed by atoms with Gasteiger partial charge < -0.3 is 14.7 Å². The van der Waals surface area contributed by atoms with Crippen molar-refractivity contribution in [1.29, 1.82) is 0 Å². The molecule has 0 fully saturated rings. The van der Waals surface area contributed by atoms with Crippen molar-refractivity contribution in [2.45, 2.75) is 6.92 Å². The Hall–Kier alpha value is -0.610. The molecule has 1 N–H and O–H groups in total. The molecule has 0 saturated carbocycles. The van der Waals surface area contributed by atoms with Crippen LogP contribution < -0.4 is 0 Å². The number of nitrogens with zero attached hydrogens (tertiary/aromatic N) is 1. The fourth-order valence-electron chi connectivity index (χ4n) is 0.574. The molecule has 0 radical (unpaired) electrons. The second-order valence-electron chi connectivity index (χ2n) is 2.18.